The Morgan fingerprint density at radius 3 is 2.42 bits per heavy atom. The molecule has 3 aliphatic rings. The lowest BCUT2D eigenvalue weighted by atomic mass is 9.87. The topological polar surface area (TPSA) is 83.3 Å². The summed E-state index contributed by atoms with van der Waals surface area (Å²) in [6.45, 7) is 6.56. The normalized spacial score (nSPS) is 18.9. The highest BCUT2D eigenvalue weighted by Crippen LogP contribution is 2.41. The van der Waals surface area contributed by atoms with Crippen molar-refractivity contribution in [3.63, 3.8) is 0 Å². The maximum atomic E-state index is 13.3. The van der Waals surface area contributed by atoms with E-state index < -0.39 is 0 Å². The third-order valence-corrected chi connectivity index (χ3v) is 8.18. The summed E-state index contributed by atoms with van der Waals surface area (Å²) in [5.74, 6) is 1.78. The smallest absolute Gasteiger partial charge is 0.289 e. The first-order valence-corrected chi connectivity index (χ1v) is 14.1. The van der Waals surface area contributed by atoms with Crippen molar-refractivity contribution in [2.45, 2.75) is 45.8 Å². The Labute approximate surface area is 234 Å². The lowest BCUT2D eigenvalue weighted by Crippen LogP contribution is -2.50. The first-order valence-electron chi connectivity index (χ1n) is 14.1. The number of hydrogen-bond donors (Lipinski definition) is 0. The van der Waals surface area contributed by atoms with Crippen LogP contribution in [-0.4, -0.2) is 65.1 Å². The molecular formula is C32H35N3O5. The number of ether oxygens (including phenoxy) is 1. The van der Waals surface area contributed by atoms with Crippen molar-refractivity contribution in [2.24, 2.45) is 5.92 Å². The summed E-state index contributed by atoms with van der Waals surface area (Å²) in [6.07, 6.45) is 2.78. The van der Waals surface area contributed by atoms with Crippen LogP contribution in [0.1, 0.15) is 64.4 Å². The van der Waals surface area contributed by atoms with Gasteiger partial charge in [0.15, 0.2) is 5.76 Å². The van der Waals surface area contributed by atoms with Gasteiger partial charge in [0.05, 0.1) is 6.04 Å². The fraction of sp³-hybridized carbons (Fsp3) is 0.406. The first-order chi connectivity index (χ1) is 19.4. The Bertz CT molecular complexity index is 1430. The number of benzene rings is 2. The van der Waals surface area contributed by atoms with Crippen LogP contribution in [0, 0.1) is 12.8 Å². The van der Waals surface area contributed by atoms with Crippen LogP contribution < -0.4 is 4.74 Å². The Kier molecular flexibility index (Phi) is 7.09. The largest absolute Gasteiger partial charge is 0.486 e. The van der Waals surface area contributed by atoms with E-state index in [1.807, 2.05) is 6.07 Å². The molecule has 0 radical (unpaired) electrons. The highest BCUT2D eigenvalue weighted by Gasteiger charge is 2.39. The fourth-order valence-electron chi connectivity index (χ4n) is 5.79. The number of amides is 3. The van der Waals surface area contributed by atoms with Crippen LogP contribution in [0.5, 0.6) is 5.75 Å². The van der Waals surface area contributed by atoms with E-state index in [9.17, 15) is 14.4 Å². The van der Waals surface area contributed by atoms with Crippen LogP contribution in [0.15, 0.2) is 59.0 Å². The van der Waals surface area contributed by atoms with Gasteiger partial charge in [-0.25, -0.2) is 0 Å². The molecule has 8 nitrogen and oxygen atoms in total. The van der Waals surface area contributed by atoms with Crippen molar-refractivity contribution in [1.82, 2.24) is 14.7 Å². The first kappa shape index (κ1) is 26.2. The second kappa shape index (κ2) is 10.8. The summed E-state index contributed by atoms with van der Waals surface area (Å²) < 4.78 is 12.0. The van der Waals surface area contributed by atoms with Crippen LogP contribution in [-0.2, 0) is 22.6 Å². The number of rotatable bonds is 6. The predicted molar refractivity (Wildman–Crippen MR) is 149 cm³/mol. The summed E-state index contributed by atoms with van der Waals surface area (Å²) in [4.78, 5) is 43.3. The summed E-state index contributed by atoms with van der Waals surface area (Å²) in [6, 6.07) is 17.8. The minimum atomic E-state index is -0.176. The third-order valence-electron chi connectivity index (χ3n) is 8.18. The van der Waals surface area contributed by atoms with E-state index in [4.69, 9.17) is 9.15 Å². The molecule has 0 spiro atoms. The average Bonchev–Trinajstić information content (AvgIpc) is 3.72. The average molecular weight is 542 g/mol. The van der Waals surface area contributed by atoms with Gasteiger partial charge in [0.2, 0.25) is 11.8 Å². The molecule has 1 aromatic heterocycles. The number of hydrogen-bond acceptors (Lipinski definition) is 5. The van der Waals surface area contributed by atoms with Gasteiger partial charge in [-0.05, 0) is 67.1 Å². The molecule has 0 unspecified atom stereocenters. The van der Waals surface area contributed by atoms with Crippen molar-refractivity contribution in [2.75, 3.05) is 32.7 Å². The van der Waals surface area contributed by atoms with E-state index in [0.717, 1.165) is 30.4 Å². The standard InChI is InChI=1S/C32H35N3O5/c1-21-4-3-5-25(18-21)30-28-19-26(9-8-23(28)12-13-35(30)31(37)24-6-7-24)39-20-27-10-11-29(40-27)32(38)34-16-14-33(15-17-34)22(2)36/h3-5,8-11,18-19,24,30H,6-7,12-17,20H2,1-2H3/t30-/m0/s1. The number of fused-ring (bicyclic) bond motifs is 1. The van der Waals surface area contributed by atoms with Crippen molar-refractivity contribution < 1.29 is 23.5 Å². The molecule has 3 amide bonds. The summed E-state index contributed by atoms with van der Waals surface area (Å²) >= 11 is 0. The Balaban J connectivity index is 1.17. The fourth-order valence-corrected chi connectivity index (χ4v) is 5.79. The minimum Gasteiger partial charge on any atom is -0.486 e. The molecule has 2 fully saturated rings. The highest BCUT2D eigenvalue weighted by atomic mass is 16.5. The molecule has 1 saturated carbocycles. The van der Waals surface area contributed by atoms with Gasteiger partial charge in [-0.2, -0.15) is 0 Å². The van der Waals surface area contributed by atoms with Crippen LogP contribution in [0.2, 0.25) is 0 Å². The molecule has 8 heteroatoms. The summed E-state index contributed by atoms with van der Waals surface area (Å²) in [5.41, 5.74) is 4.61. The van der Waals surface area contributed by atoms with E-state index in [1.165, 1.54) is 11.1 Å². The van der Waals surface area contributed by atoms with E-state index in [-0.39, 0.29) is 42.0 Å². The second-order valence-electron chi connectivity index (χ2n) is 11.1. The van der Waals surface area contributed by atoms with Crippen molar-refractivity contribution >= 4 is 17.7 Å². The molecule has 2 aromatic carbocycles. The molecule has 1 aliphatic carbocycles. The Hall–Kier alpha value is -4.07. The zero-order chi connectivity index (χ0) is 27.8. The van der Waals surface area contributed by atoms with Crippen molar-refractivity contribution in [1.29, 1.82) is 0 Å². The Morgan fingerprint density at radius 1 is 0.925 bits per heavy atom. The molecule has 3 heterocycles. The number of carbonyl (C=O) groups excluding carboxylic acids is 3. The van der Waals surface area contributed by atoms with Gasteiger partial charge in [0.25, 0.3) is 5.91 Å². The van der Waals surface area contributed by atoms with Crippen molar-refractivity contribution in [3.05, 3.63) is 88.4 Å². The lowest BCUT2D eigenvalue weighted by Gasteiger charge is -2.38. The highest BCUT2D eigenvalue weighted by molar-refractivity contribution is 5.91. The van der Waals surface area contributed by atoms with E-state index >= 15 is 0 Å². The van der Waals surface area contributed by atoms with Gasteiger partial charge in [-0.1, -0.05) is 35.9 Å². The van der Waals surface area contributed by atoms with E-state index in [1.54, 1.807) is 28.9 Å². The van der Waals surface area contributed by atoms with Crippen LogP contribution in [0.25, 0.3) is 0 Å². The van der Waals surface area contributed by atoms with Crippen LogP contribution >= 0.6 is 0 Å². The number of aryl methyl sites for hydroxylation is 1. The van der Waals surface area contributed by atoms with E-state index in [2.05, 4.69) is 48.2 Å². The molecule has 6 rings (SSSR count). The number of furan rings is 1. The zero-order valence-electron chi connectivity index (χ0n) is 23.1. The van der Waals surface area contributed by atoms with Crippen molar-refractivity contribution in [3.8, 4) is 5.75 Å². The minimum absolute atomic E-state index is 0.0270. The van der Waals surface area contributed by atoms with Gasteiger partial charge >= 0.3 is 0 Å². The number of nitrogens with zero attached hydrogens (tertiary/aromatic N) is 3. The number of piperazine rings is 1. The maximum Gasteiger partial charge on any atom is 0.289 e. The molecule has 208 valence electrons. The maximum absolute atomic E-state index is 13.3. The molecular weight excluding hydrogens is 506 g/mol. The molecule has 1 saturated heterocycles. The van der Waals surface area contributed by atoms with Gasteiger partial charge in [-0.3, -0.25) is 14.4 Å². The molecule has 3 aromatic rings. The van der Waals surface area contributed by atoms with Gasteiger partial charge < -0.3 is 23.9 Å². The zero-order valence-corrected chi connectivity index (χ0v) is 23.1. The summed E-state index contributed by atoms with van der Waals surface area (Å²) in [5, 5.41) is 0. The lowest BCUT2D eigenvalue weighted by molar-refractivity contribution is -0.134. The number of carbonyl (C=O) groups is 3. The monoisotopic (exact) mass is 541 g/mol. The second-order valence-corrected chi connectivity index (χ2v) is 11.1. The Morgan fingerprint density at radius 2 is 1.70 bits per heavy atom. The third kappa shape index (κ3) is 5.35. The van der Waals surface area contributed by atoms with Gasteiger partial charge in [0.1, 0.15) is 18.1 Å². The SMILES string of the molecule is CC(=O)N1CCN(C(=O)c2ccc(COc3ccc4c(c3)[C@H](c3cccc(C)c3)N(C(=O)C3CC3)CC4)o2)CC1. The summed E-state index contributed by atoms with van der Waals surface area (Å²) in [7, 11) is 0. The molecule has 40 heavy (non-hydrogen) atoms. The van der Waals surface area contributed by atoms with Crippen LogP contribution in [0.3, 0.4) is 0 Å². The van der Waals surface area contributed by atoms with E-state index in [0.29, 0.717) is 44.2 Å². The van der Waals surface area contributed by atoms with Gasteiger partial charge in [-0.15, -0.1) is 0 Å². The molecule has 0 bridgehead atoms. The quantitative estimate of drug-likeness (QED) is 0.463. The molecule has 2 aliphatic heterocycles. The van der Waals surface area contributed by atoms with Gasteiger partial charge in [0, 0.05) is 45.6 Å². The molecule has 1 atom stereocenters. The van der Waals surface area contributed by atoms with Crippen LogP contribution in [0.4, 0.5) is 0 Å². The molecule has 0 N–H and O–H groups in total. The predicted octanol–water partition coefficient (Wildman–Crippen LogP) is 4.36.